The monoisotopic (exact) mass is 254 g/mol. The Hall–Kier alpha value is -2.29. The molecule has 0 unspecified atom stereocenters. The standard InChI is InChI=1S/C16H18N2O/c1-11(2)12-7-9-13(10-8-12)18-16(19)14-5-3-4-6-15(14)17/h3-11H,17H2,1-2H3,(H,18,19). The number of carbonyl (C=O) groups is 1. The number of anilines is 2. The molecule has 2 rings (SSSR count). The van der Waals surface area contributed by atoms with Crippen LogP contribution in [0.25, 0.3) is 0 Å². The minimum Gasteiger partial charge on any atom is -0.398 e. The molecule has 0 fully saturated rings. The van der Waals surface area contributed by atoms with Crippen LogP contribution in [0.5, 0.6) is 0 Å². The summed E-state index contributed by atoms with van der Waals surface area (Å²) in [5.41, 5.74) is 8.78. The molecule has 0 aliphatic rings. The van der Waals surface area contributed by atoms with E-state index < -0.39 is 0 Å². The van der Waals surface area contributed by atoms with Crippen molar-refractivity contribution in [3.8, 4) is 0 Å². The molecule has 19 heavy (non-hydrogen) atoms. The quantitative estimate of drug-likeness (QED) is 0.821. The lowest BCUT2D eigenvalue weighted by atomic mass is 10.0. The Balaban J connectivity index is 2.13. The smallest absolute Gasteiger partial charge is 0.257 e. The van der Waals surface area contributed by atoms with Crippen molar-refractivity contribution < 1.29 is 4.79 Å². The highest BCUT2D eigenvalue weighted by Gasteiger charge is 2.09. The first-order valence-corrected chi connectivity index (χ1v) is 6.33. The molecule has 0 heterocycles. The van der Waals surface area contributed by atoms with Gasteiger partial charge >= 0.3 is 0 Å². The van der Waals surface area contributed by atoms with Crippen LogP contribution in [0.2, 0.25) is 0 Å². The van der Waals surface area contributed by atoms with Gasteiger partial charge in [0, 0.05) is 11.4 Å². The Labute approximate surface area is 113 Å². The number of amides is 1. The summed E-state index contributed by atoms with van der Waals surface area (Å²) in [6.07, 6.45) is 0. The van der Waals surface area contributed by atoms with Crippen molar-refractivity contribution in [3.05, 3.63) is 59.7 Å². The number of nitrogens with one attached hydrogen (secondary N) is 1. The minimum atomic E-state index is -0.185. The Morgan fingerprint density at radius 3 is 2.26 bits per heavy atom. The third-order valence-corrected chi connectivity index (χ3v) is 3.04. The molecule has 98 valence electrons. The number of rotatable bonds is 3. The SMILES string of the molecule is CC(C)c1ccc(NC(=O)c2ccccc2N)cc1. The van der Waals surface area contributed by atoms with Gasteiger partial charge in [0.15, 0.2) is 0 Å². The molecule has 1 amide bonds. The lowest BCUT2D eigenvalue weighted by Gasteiger charge is -2.09. The van der Waals surface area contributed by atoms with E-state index in [1.165, 1.54) is 5.56 Å². The van der Waals surface area contributed by atoms with Gasteiger partial charge in [-0.1, -0.05) is 38.1 Å². The van der Waals surface area contributed by atoms with Gasteiger partial charge in [0.25, 0.3) is 5.91 Å². The molecule has 0 aliphatic carbocycles. The maximum Gasteiger partial charge on any atom is 0.257 e. The number of hydrogen-bond acceptors (Lipinski definition) is 2. The fourth-order valence-corrected chi connectivity index (χ4v) is 1.85. The van der Waals surface area contributed by atoms with Crippen LogP contribution in [0.4, 0.5) is 11.4 Å². The first-order valence-electron chi connectivity index (χ1n) is 6.33. The van der Waals surface area contributed by atoms with Crippen molar-refractivity contribution in [2.45, 2.75) is 19.8 Å². The second kappa shape index (κ2) is 5.57. The van der Waals surface area contributed by atoms with Crippen molar-refractivity contribution in [2.24, 2.45) is 0 Å². The van der Waals surface area contributed by atoms with Gasteiger partial charge < -0.3 is 11.1 Å². The van der Waals surface area contributed by atoms with Crippen LogP contribution in [-0.4, -0.2) is 5.91 Å². The number of carbonyl (C=O) groups excluding carboxylic acids is 1. The second-order valence-corrected chi connectivity index (χ2v) is 4.82. The number of para-hydroxylation sites is 1. The molecule has 0 bridgehead atoms. The molecule has 3 N–H and O–H groups in total. The average Bonchev–Trinajstić information content (AvgIpc) is 2.39. The normalized spacial score (nSPS) is 10.5. The van der Waals surface area contributed by atoms with Gasteiger partial charge in [-0.15, -0.1) is 0 Å². The molecule has 3 heteroatoms. The highest BCUT2D eigenvalue weighted by molar-refractivity contribution is 6.07. The maximum atomic E-state index is 12.1. The average molecular weight is 254 g/mol. The summed E-state index contributed by atoms with van der Waals surface area (Å²) in [6, 6.07) is 14.9. The van der Waals surface area contributed by atoms with Gasteiger partial charge in [0.1, 0.15) is 0 Å². The molecular formula is C16H18N2O. The number of nitrogens with two attached hydrogens (primary N) is 1. The molecule has 0 radical (unpaired) electrons. The van der Waals surface area contributed by atoms with Crippen LogP contribution in [0.1, 0.15) is 35.7 Å². The molecule has 0 spiro atoms. The lowest BCUT2D eigenvalue weighted by molar-refractivity contribution is 0.102. The predicted octanol–water partition coefficient (Wildman–Crippen LogP) is 3.64. The van der Waals surface area contributed by atoms with Crippen LogP contribution in [0.3, 0.4) is 0 Å². The molecule has 0 saturated heterocycles. The zero-order chi connectivity index (χ0) is 13.8. The third kappa shape index (κ3) is 3.13. The predicted molar refractivity (Wildman–Crippen MR) is 79.3 cm³/mol. The molecule has 0 atom stereocenters. The Kier molecular flexibility index (Phi) is 3.85. The van der Waals surface area contributed by atoms with E-state index >= 15 is 0 Å². The Morgan fingerprint density at radius 2 is 1.68 bits per heavy atom. The van der Waals surface area contributed by atoms with Gasteiger partial charge in [0.2, 0.25) is 0 Å². The van der Waals surface area contributed by atoms with Crippen molar-refractivity contribution in [2.75, 3.05) is 11.1 Å². The van der Waals surface area contributed by atoms with E-state index in [9.17, 15) is 4.79 Å². The van der Waals surface area contributed by atoms with Crippen molar-refractivity contribution in [1.82, 2.24) is 0 Å². The summed E-state index contributed by atoms with van der Waals surface area (Å²) in [6.45, 7) is 4.27. The van der Waals surface area contributed by atoms with E-state index in [0.717, 1.165) is 5.69 Å². The number of nitrogen functional groups attached to an aromatic ring is 1. The van der Waals surface area contributed by atoms with Crippen molar-refractivity contribution in [1.29, 1.82) is 0 Å². The van der Waals surface area contributed by atoms with Gasteiger partial charge in [-0.3, -0.25) is 4.79 Å². The molecule has 2 aromatic carbocycles. The van der Waals surface area contributed by atoms with Crippen LogP contribution < -0.4 is 11.1 Å². The van der Waals surface area contributed by atoms with Crippen LogP contribution in [0.15, 0.2) is 48.5 Å². The summed E-state index contributed by atoms with van der Waals surface area (Å²) in [5.74, 6) is 0.296. The van der Waals surface area contributed by atoms with E-state index in [-0.39, 0.29) is 5.91 Å². The van der Waals surface area contributed by atoms with Crippen LogP contribution >= 0.6 is 0 Å². The Bertz CT molecular complexity index is 574. The molecule has 2 aromatic rings. The van der Waals surface area contributed by atoms with E-state index in [1.54, 1.807) is 18.2 Å². The highest BCUT2D eigenvalue weighted by atomic mass is 16.1. The number of hydrogen-bond donors (Lipinski definition) is 2. The third-order valence-electron chi connectivity index (χ3n) is 3.04. The fourth-order valence-electron chi connectivity index (χ4n) is 1.85. The molecule has 3 nitrogen and oxygen atoms in total. The largest absolute Gasteiger partial charge is 0.398 e. The lowest BCUT2D eigenvalue weighted by Crippen LogP contribution is -2.13. The van der Waals surface area contributed by atoms with Gasteiger partial charge in [0.05, 0.1) is 5.56 Å². The van der Waals surface area contributed by atoms with Crippen LogP contribution in [-0.2, 0) is 0 Å². The molecular weight excluding hydrogens is 236 g/mol. The minimum absolute atomic E-state index is 0.185. The fraction of sp³-hybridized carbons (Fsp3) is 0.188. The van der Waals surface area contributed by atoms with Gasteiger partial charge in [-0.2, -0.15) is 0 Å². The zero-order valence-electron chi connectivity index (χ0n) is 11.2. The first kappa shape index (κ1) is 13.1. The molecule has 0 saturated carbocycles. The second-order valence-electron chi connectivity index (χ2n) is 4.82. The zero-order valence-corrected chi connectivity index (χ0v) is 11.2. The first-order chi connectivity index (χ1) is 9.08. The summed E-state index contributed by atoms with van der Waals surface area (Å²) in [7, 11) is 0. The van der Waals surface area contributed by atoms with Crippen molar-refractivity contribution in [3.63, 3.8) is 0 Å². The van der Waals surface area contributed by atoms with E-state index in [2.05, 4.69) is 19.2 Å². The van der Waals surface area contributed by atoms with E-state index in [1.807, 2.05) is 30.3 Å². The highest BCUT2D eigenvalue weighted by Crippen LogP contribution is 2.18. The molecule has 0 aliphatic heterocycles. The summed E-state index contributed by atoms with van der Waals surface area (Å²) in [5, 5.41) is 2.85. The summed E-state index contributed by atoms with van der Waals surface area (Å²) >= 11 is 0. The van der Waals surface area contributed by atoms with Gasteiger partial charge in [-0.25, -0.2) is 0 Å². The summed E-state index contributed by atoms with van der Waals surface area (Å²) in [4.78, 5) is 12.1. The van der Waals surface area contributed by atoms with Crippen LogP contribution in [0, 0.1) is 0 Å². The topological polar surface area (TPSA) is 55.1 Å². The van der Waals surface area contributed by atoms with Gasteiger partial charge in [-0.05, 0) is 35.7 Å². The maximum absolute atomic E-state index is 12.1. The van der Waals surface area contributed by atoms with E-state index in [0.29, 0.717) is 17.2 Å². The Morgan fingerprint density at radius 1 is 1.05 bits per heavy atom. The summed E-state index contributed by atoms with van der Waals surface area (Å²) < 4.78 is 0. The van der Waals surface area contributed by atoms with E-state index in [4.69, 9.17) is 5.73 Å². The van der Waals surface area contributed by atoms with Crippen molar-refractivity contribution >= 4 is 17.3 Å². The molecule has 0 aromatic heterocycles. The number of benzene rings is 2.